The van der Waals surface area contributed by atoms with E-state index in [4.69, 9.17) is 5.73 Å². The van der Waals surface area contributed by atoms with Gasteiger partial charge in [0.2, 0.25) is 0 Å². The molecular weight excluding hydrogens is 214 g/mol. The summed E-state index contributed by atoms with van der Waals surface area (Å²) in [6, 6.07) is 2.55. The molecule has 16 heavy (non-hydrogen) atoms. The summed E-state index contributed by atoms with van der Waals surface area (Å²) in [4.78, 5) is 13.1. The Kier molecular flexibility index (Phi) is 3.95. The molecule has 0 fully saturated rings. The van der Waals surface area contributed by atoms with Gasteiger partial charge in [-0.25, -0.2) is 8.78 Å². The van der Waals surface area contributed by atoms with Crippen molar-refractivity contribution < 1.29 is 13.6 Å². The predicted octanol–water partition coefficient (Wildman–Crippen LogP) is 1.38. The van der Waals surface area contributed by atoms with Gasteiger partial charge in [-0.1, -0.05) is 0 Å². The van der Waals surface area contributed by atoms with E-state index in [1.54, 1.807) is 14.0 Å². The highest BCUT2D eigenvalue weighted by atomic mass is 19.1. The Labute approximate surface area is 92.8 Å². The predicted molar refractivity (Wildman–Crippen MR) is 57.0 cm³/mol. The number of rotatable bonds is 3. The van der Waals surface area contributed by atoms with Gasteiger partial charge in [-0.2, -0.15) is 0 Å². The zero-order valence-corrected chi connectivity index (χ0v) is 9.21. The van der Waals surface area contributed by atoms with Crippen molar-refractivity contribution in [2.24, 2.45) is 5.73 Å². The van der Waals surface area contributed by atoms with Crippen LogP contribution >= 0.6 is 0 Å². The maximum atomic E-state index is 12.9. The van der Waals surface area contributed by atoms with Crippen LogP contribution in [0.25, 0.3) is 0 Å². The summed E-state index contributed by atoms with van der Waals surface area (Å²) in [5.74, 6) is -1.98. The number of halogens is 2. The maximum absolute atomic E-state index is 12.9. The van der Waals surface area contributed by atoms with Gasteiger partial charge in [0, 0.05) is 31.3 Å². The van der Waals surface area contributed by atoms with Crippen LogP contribution in [0.4, 0.5) is 8.78 Å². The number of nitrogens with two attached hydrogens (primary N) is 1. The Bertz CT molecular complexity index is 375. The number of benzene rings is 1. The molecule has 3 nitrogen and oxygen atoms in total. The number of carbonyl (C=O) groups is 1. The highest BCUT2D eigenvalue weighted by molar-refractivity contribution is 5.94. The minimum Gasteiger partial charge on any atom is -0.338 e. The van der Waals surface area contributed by atoms with E-state index in [2.05, 4.69) is 0 Å². The van der Waals surface area contributed by atoms with Gasteiger partial charge in [-0.05, 0) is 19.1 Å². The Morgan fingerprint density at radius 1 is 1.38 bits per heavy atom. The minimum absolute atomic E-state index is 0.0136. The number of hydrogen-bond acceptors (Lipinski definition) is 2. The lowest BCUT2D eigenvalue weighted by molar-refractivity contribution is 0.0747. The summed E-state index contributed by atoms with van der Waals surface area (Å²) < 4.78 is 25.8. The summed E-state index contributed by atoms with van der Waals surface area (Å²) in [5.41, 5.74) is 5.39. The molecule has 0 saturated heterocycles. The lowest BCUT2D eigenvalue weighted by atomic mass is 10.1. The molecule has 2 N–H and O–H groups in total. The molecule has 0 heterocycles. The van der Waals surface area contributed by atoms with Crippen LogP contribution in [0.2, 0.25) is 0 Å². The van der Waals surface area contributed by atoms with Crippen LogP contribution in [0.1, 0.15) is 17.3 Å². The van der Waals surface area contributed by atoms with Crippen LogP contribution in [0.15, 0.2) is 18.2 Å². The van der Waals surface area contributed by atoms with E-state index < -0.39 is 17.5 Å². The van der Waals surface area contributed by atoms with Gasteiger partial charge in [-0.15, -0.1) is 0 Å². The number of nitrogens with zero attached hydrogens (tertiary/aromatic N) is 1. The molecule has 1 aromatic carbocycles. The first-order chi connectivity index (χ1) is 7.45. The second-order valence-electron chi connectivity index (χ2n) is 3.66. The first-order valence-electron chi connectivity index (χ1n) is 4.89. The summed E-state index contributed by atoms with van der Waals surface area (Å²) in [7, 11) is 1.54. The average molecular weight is 228 g/mol. The van der Waals surface area contributed by atoms with Crippen LogP contribution in [0, 0.1) is 11.6 Å². The quantitative estimate of drug-likeness (QED) is 0.849. The largest absolute Gasteiger partial charge is 0.338 e. The zero-order chi connectivity index (χ0) is 12.3. The Morgan fingerprint density at radius 2 is 1.88 bits per heavy atom. The molecule has 0 radical (unpaired) electrons. The molecule has 0 aliphatic carbocycles. The van der Waals surface area contributed by atoms with Crippen molar-refractivity contribution in [1.29, 1.82) is 0 Å². The first kappa shape index (κ1) is 12.6. The Hall–Kier alpha value is -1.49. The van der Waals surface area contributed by atoms with Crippen molar-refractivity contribution in [2.45, 2.75) is 13.0 Å². The van der Waals surface area contributed by atoms with Crippen molar-refractivity contribution in [3.63, 3.8) is 0 Å². The van der Waals surface area contributed by atoms with E-state index in [0.717, 1.165) is 18.2 Å². The monoisotopic (exact) mass is 228 g/mol. The van der Waals surface area contributed by atoms with E-state index in [0.29, 0.717) is 6.54 Å². The number of amides is 1. The highest BCUT2D eigenvalue weighted by Gasteiger charge is 2.17. The number of carbonyl (C=O) groups excluding carboxylic acids is 1. The van der Waals surface area contributed by atoms with Crippen molar-refractivity contribution in [1.82, 2.24) is 4.90 Å². The first-order valence-corrected chi connectivity index (χ1v) is 4.89. The van der Waals surface area contributed by atoms with E-state index in [9.17, 15) is 13.6 Å². The van der Waals surface area contributed by atoms with Crippen molar-refractivity contribution in [3.8, 4) is 0 Å². The van der Waals surface area contributed by atoms with Gasteiger partial charge >= 0.3 is 0 Å². The normalized spacial score (nSPS) is 12.3. The van der Waals surface area contributed by atoms with Gasteiger partial charge in [-0.3, -0.25) is 4.79 Å². The summed E-state index contributed by atoms with van der Waals surface area (Å²) in [5, 5.41) is 0. The average Bonchev–Trinajstić information content (AvgIpc) is 2.24. The SMILES string of the molecule is CC(CN)N(C)C(=O)c1cc(F)cc(F)c1. The van der Waals surface area contributed by atoms with E-state index in [1.807, 2.05) is 0 Å². The third-order valence-corrected chi connectivity index (χ3v) is 2.43. The van der Waals surface area contributed by atoms with Crippen molar-refractivity contribution >= 4 is 5.91 Å². The summed E-state index contributed by atoms with van der Waals surface area (Å²) in [6.45, 7) is 2.05. The molecule has 0 saturated carbocycles. The highest BCUT2D eigenvalue weighted by Crippen LogP contribution is 2.11. The van der Waals surface area contributed by atoms with E-state index in [-0.39, 0.29) is 11.6 Å². The maximum Gasteiger partial charge on any atom is 0.254 e. The van der Waals surface area contributed by atoms with Crippen LogP contribution in [0.3, 0.4) is 0 Å². The third-order valence-electron chi connectivity index (χ3n) is 2.43. The molecule has 1 rings (SSSR count). The van der Waals surface area contributed by atoms with Crippen molar-refractivity contribution in [3.05, 3.63) is 35.4 Å². The lowest BCUT2D eigenvalue weighted by Gasteiger charge is -2.23. The van der Waals surface area contributed by atoms with Crippen LogP contribution in [-0.2, 0) is 0 Å². The van der Waals surface area contributed by atoms with Crippen LogP contribution in [-0.4, -0.2) is 30.4 Å². The van der Waals surface area contributed by atoms with Gasteiger partial charge in [0.05, 0.1) is 0 Å². The molecule has 1 atom stereocenters. The van der Waals surface area contributed by atoms with Gasteiger partial charge < -0.3 is 10.6 Å². The zero-order valence-electron chi connectivity index (χ0n) is 9.21. The van der Waals surface area contributed by atoms with E-state index >= 15 is 0 Å². The molecule has 0 aliphatic heterocycles. The summed E-state index contributed by atoms with van der Waals surface area (Å²) >= 11 is 0. The molecule has 1 amide bonds. The molecule has 0 spiro atoms. The Balaban J connectivity index is 2.96. The molecule has 0 aromatic heterocycles. The standard InChI is InChI=1S/C11H14F2N2O/c1-7(6-14)15(2)11(16)8-3-9(12)5-10(13)4-8/h3-5,7H,6,14H2,1-2H3. The number of likely N-dealkylation sites (N-methyl/N-ethyl adjacent to an activating group) is 1. The smallest absolute Gasteiger partial charge is 0.254 e. The topological polar surface area (TPSA) is 46.3 Å². The second kappa shape index (κ2) is 5.03. The lowest BCUT2D eigenvalue weighted by Crippen LogP contribution is -2.39. The second-order valence-corrected chi connectivity index (χ2v) is 3.66. The third kappa shape index (κ3) is 2.76. The Morgan fingerprint density at radius 3 is 2.31 bits per heavy atom. The fourth-order valence-electron chi connectivity index (χ4n) is 1.24. The molecular formula is C11H14F2N2O. The molecule has 1 aromatic rings. The number of hydrogen-bond donors (Lipinski definition) is 1. The molecule has 0 aliphatic rings. The van der Waals surface area contributed by atoms with Crippen LogP contribution in [0.5, 0.6) is 0 Å². The van der Waals surface area contributed by atoms with Gasteiger partial charge in [0.15, 0.2) is 0 Å². The fraction of sp³-hybridized carbons (Fsp3) is 0.364. The molecule has 0 bridgehead atoms. The van der Waals surface area contributed by atoms with Gasteiger partial charge in [0.1, 0.15) is 11.6 Å². The summed E-state index contributed by atoms with van der Waals surface area (Å²) in [6.07, 6.45) is 0. The fourth-order valence-corrected chi connectivity index (χ4v) is 1.24. The molecule has 1 unspecified atom stereocenters. The molecule has 88 valence electrons. The van der Waals surface area contributed by atoms with E-state index in [1.165, 1.54) is 4.90 Å². The van der Waals surface area contributed by atoms with Crippen molar-refractivity contribution in [2.75, 3.05) is 13.6 Å². The van der Waals surface area contributed by atoms with Gasteiger partial charge in [0.25, 0.3) is 5.91 Å². The molecule has 5 heteroatoms. The minimum atomic E-state index is -0.767. The van der Waals surface area contributed by atoms with Crippen LogP contribution < -0.4 is 5.73 Å².